The Balaban J connectivity index is 1.70. The zero-order valence-electron chi connectivity index (χ0n) is 11.3. The summed E-state index contributed by atoms with van der Waals surface area (Å²) in [6.45, 7) is 2.41. The van der Waals surface area contributed by atoms with Gasteiger partial charge in [-0.1, -0.05) is 48.5 Å². The maximum Gasteiger partial charge on any atom is 0.253 e. The molecule has 0 atom stereocenters. The summed E-state index contributed by atoms with van der Waals surface area (Å²) in [4.78, 5) is 18.0. The smallest absolute Gasteiger partial charge is 0.253 e. The highest BCUT2D eigenvalue weighted by Gasteiger charge is 2.04. The van der Waals surface area contributed by atoms with E-state index in [9.17, 15) is 4.79 Å². The summed E-state index contributed by atoms with van der Waals surface area (Å²) in [7, 11) is 0. The summed E-state index contributed by atoms with van der Waals surface area (Å²) in [5, 5.41) is 0. The fourth-order valence-corrected chi connectivity index (χ4v) is 2.48. The van der Waals surface area contributed by atoms with E-state index in [1.807, 2.05) is 61.5 Å². The third-order valence-electron chi connectivity index (χ3n) is 2.72. The van der Waals surface area contributed by atoms with Crippen LogP contribution < -0.4 is 5.48 Å². The topological polar surface area (TPSA) is 38.3 Å². The zero-order chi connectivity index (χ0) is 14.2. The van der Waals surface area contributed by atoms with E-state index in [0.717, 1.165) is 10.5 Å². The van der Waals surface area contributed by atoms with E-state index in [2.05, 4.69) is 5.48 Å². The quantitative estimate of drug-likeness (QED) is 0.654. The van der Waals surface area contributed by atoms with Gasteiger partial charge in [0, 0.05) is 4.90 Å². The van der Waals surface area contributed by atoms with Crippen molar-refractivity contribution < 1.29 is 9.63 Å². The lowest BCUT2D eigenvalue weighted by molar-refractivity contribution is -0.131. The second-order valence-electron chi connectivity index (χ2n) is 4.35. The first-order valence-electron chi connectivity index (χ1n) is 6.38. The van der Waals surface area contributed by atoms with Crippen LogP contribution in [0.2, 0.25) is 0 Å². The number of carbonyl (C=O) groups excluding carboxylic acids is 1. The third-order valence-corrected chi connectivity index (χ3v) is 3.90. The second kappa shape index (κ2) is 7.72. The van der Waals surface area contributed by atoms with Gasteiger partial charge in [-0.15, -0.1) is 11.8 Å². The first-order valence-corrected chi connectivity index (χ1v) is 7.37. The molecule has 0 heterocycles. The predicted molar refractivity (Wildman–Crippen MR) is 81.3 cm³/mol. The van der Waals surface area contributed by atoms with Gasteiger partial charge < -0.3 is 0 Å². The van der Waals surface area contributed by atoms with Gasteiger partial charge >= 0.3 is 0 Å². The molecule has 0 aromatic heterocycles. The molecule has 2 aromatic carbocycles. The van der Waals surface area contributed by atoms with Gasteiger partial charge in [0.2, 0.25) is 0 Å². The molecule has 0 bridgehead atoms. The number of amides is 1. The lowest BCUT2D eigenvalue weighted by Gasteiger charge is -2.07. The highest BCUT2D eigenvalue weighted by atomic mass is 32.2. The molecular weight excluding hydrogens is 270 g/mol. The Morgan fingerprint density at radius 1 is 1.10 bits per heavy atom. The molecule has 20 heavy (non-hydrogen) atoms. The van der Waals surface area contributed by atoms with Gasteiger partial charge in [0.1, 0.15) is 0 Å². The Labute approximate surface area is 123 Å². The molecule has 0 aliphatic rings. The van der Waals surface area contributed by atoms with E-state index in [4.69, 9.17) is 4.84 Å². The summed E-state index contributed by atoms with van der Waals surface area (Å²) in [6, 6.07) is 17.7. The van der Waals surface area contributed by atoms with Gasteiger partial charge in [0.05, 0.1) is 12.4 Å². The fourth-order valence-electron chi connectivity index (χ4n) is 1.67. The molecule has 2 aromatic rings. The molecule has 0 aliphatic heterocycles. The highest BCUT2D eigenvalue weighted by Crippen LogP contribution is 2.21. The lowest BCUT2D eigenvalue weighted by Crippen LogP contribution is -2.25. The van der Waals surface area contributed by atoms with Crippen molar-refractivity contribution in [1.29, 1.82) is 0 Å². The Kier molecular flexibility index (Phi) is 5.65. The van der Waals surface area contributed by atoms with Crippen molar-refractivity contribution in [1.82, 2.24) is 5.48 Å². The van der Waals surface area contributed by atoms with Gasteiger partial charge in [-0.3, -0.25) is 9.63 Å². The number of hydrogen-bond acceptors (Lipinski definition) is 3. The van der Waals surface area contributed by atoms with Crippen LogP contribution in [0.15, 0.2) is 59.5 Å². The minimum absolute atomic E-state index is 0.130. The zero-order valence-corrected chi connectivity index (χ0v) is 12.2. The van der Waals surface area contributed by atoms with Crippen LogP contribution in [-0.2, 0) is 16.2 Å². The first kappa shape index (κ1) is 14.6. The molecule has 4 heteroatoms. The molecule has 0 saturated heterocycles. The molecule has 0 aliphatic carbocycles. The van der Waals surface area contributed by atoms with Crippen LogP contribution in [0, 0.1) is 6.92 Å². The number of thioether (sulfide) groups is 1. The van der Waals surface area contributed by atoms with Gasteiger partial charge in [-0.25, -0.2) is 5.48 Å². The monoisotopic (exact) mass is 287 g/mol. The minimum Gasteiger partial charge on any atom is -0.272 e. The van der Waals surface area contributed by atoms with E-state index in [1.165, 1.54) is 17.3 Å². The SMILES string of the molecule is Cc1ccccc1SCC(=O)NOCc1ccccc1. The van der Waals surface area contributed by atoms with Crippen molar-refractivity contribution in [2.75, 3.05) is 5.75 Å². The largest absolute Gasteiger partial charge is 0.272 e. The maximum absolute atomic E-state index is 11.7. The minimum atomic E-state index is -0.130. The number of aryl methyl sites for hydroxylation is 1. The van der Waals surface area contributed by atoms with Crippen molar-refractivity contribution in [2.45, 2.75) is 18.4 Å². The summed E-state index contributed by atoms with van der Waals surface area (Å²) in [5.41, 5.74) is 4.66. The van der Waals surface area contributed by atoms with Crippen molar-refractivity contribution in [2.24, 2.45) is 0 Å². The Hall–Kier alpha value is -1.78. The van der Waals surface area contributed by atoms with E-state index in [-0.39, 0.29) is 5.91 Å². The number of carbonyl (C=O) groups is 1. The average molecular weight is 287 g/mol. The summed E-state index contributed by atoms with van der Waals surface area (Å²) in [5.74, 6) is 0.216. The Bertz CT molecular complexity index is 557. The average Bonchev–Trinajstić information content (AvgIpc) is 2.47. The number of benzene rings is 2. The van der Waals surface area contributed by atoms with E-state index < -0.39 is 0 Å². The van der Waals surface area contributed by atoms with Crippen LogP contribution in [0.4, 0.5) is 0 Å². The molecule has 0 spiro atoms. The van der Waals surface area contributed by atoms with Crippen LogP contribution >= 0.6 is 11.8 Å². The summed E-state index contributed by atoms with van der Waals surface area (Å²) in [6.07, 6.45) is 0. The van der Waals surface area contributed by atoms with E-state index >= 15 is 0 Å². The van der Waals surface area contributed by atoms with Crippen molar-refractivity contribution in [3.63, 3.8) is 0 Å². The van der Waals surface area contributed by atoms with Crippen LogP contribution in [-0.4, -0.2) is 11.7 Å². The molecule has 0 unspecified atom stereocenters. The molecule has 2 rings (SSSR count). The molecule has 1 N–H and O–H groups in total. The first-order chi connectivity index (χ1) is 9.75. The van der Waals surface area contributed by atoms with E-state index in [1.54, 1.807) is 0 Å². The van der Waals surface area contributed by atoms with Gasteiger partial charge in [-0.05, 0) is 24.1 Å². The molecule has 1 amide bonds. The molecule has 3 nitrogen and oxygen atoms in total. The standard InChI is InChI=1S/C16H17NO2S/c1-13-7-5-6-10-15(13)20-12-16(18)17-19-11-14-8-3-2-4-9-14/h2-10H,11-12H2,1H3,(H,17,18). The third kappa shape index (κ3) is 4.72. The number of hydrogen-bond donors (Lipinski definition) is 1. The number of hydroxylamine groups is 1. The van der Waals surface area contributed by atoms with Crippen molar-refractivity contribution >= 4 is 17.7 Å². The van der Waals surface area contributed by atoms with Crippen LogP contribution in [0.25, 0.3) is 0 Å². The van der Waals surface area contributed by atoms with Crippen molar-refractivity contribution in [3.05, 3.63) is 65.7 Å². The maximum atomic E-state index is 11.7. The fraction of sp³-hybridized carbons (Fsp3) is 0.188. The molecular formula is C16H17NO2S. The summed E-state index contributed by atoms with van der Waals surface area (Å²) < 4.78 is 0. The number of nitrogens with one attached hydrogen (secondary N) is 1. The summed E-state index contributed by atoms with van der Waals surface area (Å²) >= 11 is 1.51. The van der Waals surface area contributed by atoms with Gasteiger partial charge in [0.25, 0.3) is 5.91 Å². The Morgan fingerprint density at radius 2 is 1.80 bits per heavy atom. The van der Waals surface area contributed by atoms with Crippen LogP contribution in [0.5, 0.6) is 0 Å². The van der Waals surface area contributed by atoms with Crippen LogP contribution in [0.3, 0.4) is 0 Å². The van der Waals surface area contributed by atoms with Gasteiger partial charge in [0.15, 0.2) is 0 Å². The second-order valence-corrected chi connectivity index (χ2v) is 5.37. The van der Waals surface area contributed by atoms with E-state index in [0.29, 0.717) is 12.4 Å². The van der Waals surface area contributed by atoms with Crippen molar-refractivity contribution in [3.8, 4) is 0 Å². The molecule has 104 valence electrons. The Morgan fingerprint density at radius 3 is 2.55 bits per heavy atom. The molecule has 0 saturated carbocycles. The number of rotatable bonds is 6. The molecule has 0 fully saturated rings. The predicted octanol–water partition coefficient (Wildman–Crippen LogP) is 3.34. The van der Waals surface area contributed by atoms with Gasteiger partial charge in [-0.2, -0.15) is 0 Å². The normalized spacial score (nSPS) is 10.2. The lowest BCUT2D eigenvalue weighted by atomic mass is 10.2. The molecule has 0 radical (unpaired) electrons. The van der Waals surface area contributed by atoms with Crippen LogP contribution in [0.1, 0.15) is 11.1 Å². The highest BCUT2D eigenvalue weighted by molar-refractivity contribution is 8.00.